The van der Waals surface area contributed by atoms with Crippen LogP contribution in [0.25, 0.3) is 67.2 Å². The summed E-state index contributed by atoms with van der Waals surface area (Å²) in [5, 5.41) is 2.17. The second-order valence-corrected chi connectivity index (χ2v) is 9.24. The van der Waals surface area contributed by atoms with E-state index in [4.69, 9.17) is 19.9 Å². The van der Waals surface area contributed by atoms with Crippen molar-refractivity contribution >= 4 is 38.5 Å². The average Bonchev–Trinajstić information content (AvgIpc) is 3.53. The van der Waals surface area contributed by atoms with Crippen molar-refractivity contribution in [3.05, 3.63) is 121 Å². The maximum atomic E-state index is 5.03. The molecule has 4 aromatic heterocycles. The molecule has 0 unspecified atom stereocenters. The Hall–Kier alpha value is -5.36. The van der Waals surface area contributed by atoms with Gasteiger partial charge in [-0.1, -0.05) is 91.0 Å². The molecule has 0 saturated carbocycles. The summed E-state index contributed by atoms with van der Waals surface area (Å²) in [6.45, 7) is 0. The zero-order valence-electron chi connectivity index (χ0n) is 20.2. The molecule has 6 heteroatoms. The third-order valence-electron chi connectivity index (χ3n) is 7.00. The molecule has 0 atom stereocenters. The first-order valence-electron chi connectivity index (χ1n) is 12.5. The first kappa shape index (κ1) is 20.8. The van der Waals surface area contributed by atoms with Crippen molar-refractivity contribution in [1.29, 1.82) is 0 Å². The van der Waals surface area contributed by atoms with E-state index >= 15 is 0 Å². The molecule has 0 bridgehead atoms. The number of hydrogen-bond donors (Lipinski definition) is 0. The summed E-state index contributed by atoms with van der Waals surface area (Å²) in [4.78, 5) is 19.9. The molecule has 0 amide bonds. The molecule has 0 fully saturated rings. The molecular formula is C32H20N6. The van der Waals surface area contributed by atoms with E-state index in [1.54, 1.807) is 0 Å². The quantitative estimate of drug-likeness (QED) is 0.266. The van der Waals surface area contributed by atoms with E-state index in [1.165, 1.54) is 0 Å². The van der Waals surface area contributed by atoms with Gasteiger partial charge >= 0.3 is 0 Å². The number of pyridine rings is 1. The molecule has 4 aromatic carbocycles. The number of nitrogens with zero attached hydrogens (tertiary/aromatic N) is 6. The molecule has 4 heterocycles. The minimum Gasteiger partial charge on any atom is -0.299 e. The van der Waals surface area contributed by atoms with Crippen molar-refractivity contribution in [2.24, 2.45) is 0 Å². The summed E-state index contributed by atoms with van der Waals surface area (Å²) in [6.07, 6.45) is 2.08. The van der Waals surface area contributed by atoms with Gasteiger partial charge in [-0.15, -0.1) is 0 Å². The molecule has 8 rings (SSSR count). The van der Waals surface area contributed by atoms with Crippen LogP contribution in [0.5, 0.6) is 0 Å². The Kier molecular flexibility index (Phi) is 4.42. The zero-order chi connectivity index (χ0) is 25.1. The predicted octanol–water partition coefficient (Wildman–Crippen LogP) is 7.10. The normalized spacial score (nSPS) is 11.7. The summed E-state index contributed by atoms with van der Waals surface area (Å²) in [5.41, 5.74) is 6.87. The van der Waals surface area contributed by atoms with E-state index in [9.17, 15) is 0 Å². The topological polar surface area (TPSA) is 60.9 Å². The van der Waals surface area contributed by atoms with E-state index in [0.717, 1.165) is 49.6 Å². The van der Waals surface area contributed by atoms with E-state index in [0.29, 0.717) is 17.6 Å². The number of imidazole rings is 1. The van der Waals surface area contributed by atoms with Gasteiger partial charge in [0.2, 0.25) is 5.95 Å². The Labute approximate surface area is 217 Å². The summed E-state index contributed by atoms with van der Waals surface area (Å²) in [7, 11) is 0. The fourth-order valence-electron chi connectivity index (χ4n) is 5.28. The number of rotatable bonds is 3. The van der Waals surface area contributed by atoms with Crippen molar-refractivity contribution in [3.63, 3.8) is 0 Å². The van der Waals surface area contributed by atoms with Gasteiger partial charge in [0.1, 0.15) is 5.65 Å². The lowest BCUT2D eigenvalue weighted by Gasteiger charge is -2.10. The average molecular weight is 489 g/mol. The van der Waals surface area contributed by atoms with Crippen LogP contribution >= 0.6 is 0 Å². The number of hydrogen-bond acceptors (Lipinski definition) is 4. The second kappa shape index (κ2) is 8.08. The van der Waals surface area contributed by atoms with Gasteiger partial charge in [0.15, 0.2) is 11.6 Å². The number of aromatic nitrogens is 6. The van der Waals surface area contributed by atoms with E-state index in [2.05, 4.69) is 51.6 Å². The maximum Gasteiger partial charge on any atom is 0.238 e. The van der Waals surface area contributed by atoms with Crippen molar-refractivity contribution in [2.45, 2.75) is 0 Å². The van der Waals surface area contributed by atoms with Gasteiger partial charge in [0.25, 0.3) is 0 Å². The highest BCUT2D eigenvalue weighted by atomic mass is 15.2. The maximum absolute atomic E-state index is 5.03. The molecule has 0 aliphatic heterocycles. The fraction of sp³-hybridized carbons (Fsp3) is 0. The lowest BCUT2D eigenvalue weighted by Crippen LogP contribution is -2.06. The monoisotopic (exact) mass is 488 g/mol. The zero-order valence-corrected chi connectivity index (χ0v) is 20.2. The Bertz CT molecular complexity index is 2070. The Morgan fingerprint density at radius 2 is 1.08 bits per heavy atom. The molecule has 0 spiro atoms. The van der Waals surface area contributed by atoms with Crippen LogP contribution in [0.15, 0.2) is 121 Å². The van der Waals surface area contributed by atoms with Gasteiger partial charge in [-0.05, 0) is 24.3 Å². The first-order valence-corrected chi connectivity index (χ1v) is 12.5. The summed E-state index contributed by atoms with van der Waals surface area (Å²) in [5.74, 6) is 1.84. The van der Waals surface area contributed by atoms with Crippen molar-refractivity contribution in [1.82, 2.24) is 28.9 Å². The largest absolute Gasteiger partial charge is 0.299 e. The molecule has 0 aliphatic rings. The Balaban J connectivity index is 1.49. The highest BCUT2D eigenvalue weighted by molar-refractivity contribution is 6.16. The SMILES string of the molecule is c1ccc(-c2nc(-c3ccccc3)nc(-n3c4ccccc4c4c3ccn3c5ccccc5nc43)n2)cc1. The molecule has 178 valence electrons. The molecule has 0 saturated heterocycles. The molecule has 0 radical (unpaired) electrons. The fourth-order valence-corrected chi connectivity index (χ4v) is 5.28. The van der Waals surface area contributed by atoms with Crippen LogP contribution in [0.3, 0.4) is 0 Å². The Morgan fingerprint density at radius 3 is 1.79 bits per heavy atom. The lowest BCUT2D eigenvalue weighted by atomic mass is 10.2. The van der Waals surface area contributed by atoms with Gasteiger partial charge < -0.3 is 0 Å². The third kappa shape index (κ3) is 3.07. The number of para-hydroxylation sites is 3. The summed E-state index contributed by atoms with van der Waals surface area (Å²) < 4.78 is 4.29. The second-order valence-electron chi connectivity index (χ2n) is 9.24. The lowest BCUT2D eigenvalue weighted by molar-refractivity contribution is 0.953. The van der Waals surface area contributed by atoms with Crippen LogP contribution in [0.4, 0.5) is 0 Å². The van der Waals surface area contributed by atoms with E-state index in [-0.39, 0.29) is 0 Å². The van der Waals surface area contributed by atoms with Crippen molar-refractivity contribution < 1.29 is 0 Å². The minimum absolute atomic E-state index is 0.573. The van der Waals surface area contributed by atoms with Crippen molar-refractivity contribution in [2.75, 3.05) is 0 Å². The van der Waals surface area contributed by atoms with Gasteiger partial charge in [0.05, 0.1) is 27.5 Å². The van der Waals surface area contributed by atoms with Gasteiger partial charge in [-0.2, -0.15) is 9.97 Å². The van der Waals surface area contributed by atoms with Gasteiger partial charge in [-0.3, -0.25) is 8.97 Å². The first-order chi connectivity index (χ1) is 18.8. The standard InChI is InChI=1S/C32H20N6/c1-3-11-21(12-4-1)29-34-30(22-13-5-2-6-14-22)36-32(35-29)38-25-17-9-7-15-23(25)28-27(38)19-20-37-26-18-10-8-16-24(26)33-31(28)37/h1-20H. The van der Waals surface area contributed by atoms with Crippen LogP contribution < -0.4 is 0 Å². The number of fused-ring (bicyclic) bond motifs is 7. The van der Waals surface area contributed by atoms with Crippen LogP contribution in [-0.4, -0.2) is 28.9 Å². The smallest absolute Gasteiger partial charge is 0.238 e. The number of benzene rings is 4. The van der Waals surface area contributed by atoms with E-state index < -0.39 is 0 Å². The van der Waals surface area contributed by atoms with Crippen LogP contribution in [-0.2, 0) is 0 Å². The molecule has 6 nitrogen and oxygen atoms in total. The highest BCUT2D eigenvalue weighted by Crippen LogP contribution is 2.35. The highest BCUT2D eigenvalue weighted by Gasteiger charge is 2.20. The molecule has 0 N–H and O–H groups in total. The third-order valence-corrected chi connectivity index (χ3v) is 7.00. The Morgan fingerprint density at radius 1 is 0.474 bits per heavy atom. The van der Waals surface area contributed by atoms with Gasteiger partial charge in [-0.25, -0.2) is 9.97 Å². The summed E-state index contributed by atoms with van der Waals surface area (Å²) >= 11 is 0. The summed E-state index contributed by atoms with van der Waals surface area (Å²) in [6, 6.07) is 38.8. The predicted molar refractivity (Wildman–Crippen MR) is 151 cm³/mol. The van der Waals surface area contributed by atoms with Crippen LogP contribution in [0.2, 0.25) is 0 Å². The van der Waals surface area contributed by atoms with E-state index in [1.807, 2.05) is 78.9 Å². The molecule has 38 heavy (non-hydrogen) atoms. The van der Waals surface area contributed by atoms with Crippen LogP contribution in [0.1, 0.15) is 0 Å². The molecule has 8 aromatic rings. The van der Waals surface area contributed by atoms with Gasteiger partial charge in [0, 0.05) is 22.7 Å². The van der Waals surface area contributed by atoms with Crippen LogP contribution in [0, 0.1) is 0 Å². The minimum atomic E-state index is 0.573. The molecular weight excluding hydrogens is 468 g/mol. The molecule has 0 aliphatic carbocycles. The van der Waals surface area contributed by atoms with Crippen molar-refractivity contribution in [3.8, 4) is 28.7 Å².